The number of hydrogen-bond acceptors (Lipinski definition) is 5. The van der Waals surface area contributed by atoms with Crippen LogP contribution in [0.3, 0.4) is 0 Å². The first-order valence-electron chi connectivity index (χ1n) is 8.29. The molecule has 2 N–H and O–H groups in total. The molecule has 1 heterocycles. The molecule has 0 saturated heterocycles. The van der Waals surface area contributed by atoms with E-state index in [1.807, 2.05) is 13.8 Å². The van der Waals surface area contributed by atoms with E-state index in [1.165, 1.54) is 0 Å². The number of nitrogens with one attached hydrogen (secondary N) is 1. The summed E-state index contributed by atoms with van der Waals surface area (Å²) in [6.45, 7) is 4.02. The molecule has 0 saturated carbocycles. The highest BCUT2D eigenvalue weighted by Gasteiger charge is 2.28. The lowest BCUT2D eigenvalue weighted by atomic mass is 9.98. The molecule has 0 fully saturated rings. The summed E-state index contributed by atoms with van der Waals surface area (Å²) >= 11 is 0. The normalized spacial score (nSPS) is 13.4. The molecule has 134 valence electrons. The van der Waals surface area contributed by atoms with Gasteiger partial charge in [-0.3, -0.25) is 14.4 Å². The van der Waals surface area contributed by atoms with Gasteiger partial charge < -0.3 is 10.4 Å². The number of benzene rings is 1. The summed E-state index contributed by atoms with van der Waals surface area (Å²) < 4.78 is 1.13. The molecule has 1 amide bonds. The van der Waals surface area contributed by atoms with Gasteiger partial charge in [-0.15, -0.1) is 5.10 Å². The maximum Gasteiger partial charge on any atom is 0.303 e. The van der Waals surface area contributed by atoms with Gasteiger partial charge in [0.2, 0.25) is 5.91 Å². The van der Waals surface area contributed by atoms with Gasteiger partial charge in [0.05, 0.1) is 5.39 Å². The van der Waals surface area contributed by atoms with Gasteiger partial charge in [-0.1, -0.05) is 37.6 Å². The van der Waals surface area contributed by atoms with Crippen LogP contribution in [0.2, 0.25) is 0 Å². The molecule has 0 radical (unpaired) electrons. The van der Waals surface area contributed by atoms with Crippen molar-refractivity contribution in [1.29, 1.82) is 0 Å². The largest absolute Gasteiger partial charge is 0.481 e. The van der Waals surface area contributed by atoms with Crippen LogP contribution in [0.25, 0.3) is 10.9 Å². The molecular weight excluding hydrogens is 324 g/mol. The maximum absolute atomic E-state index is 12.7. The van der Waals surface area contributed by atoms with E-state index in [-0.39, 0.29) is 30.3 Å². The van der Waals surface area contributed by atoms with Gasteiger partial charge in [0.15, 0.2) is 0 Å². The van der Waals surface area contributed by atoms with Crippen LogP contribution in [0.15, 0.2) is 29.1 Å². The van der Waals surface area contributed by atoms with E-state index in [4.69, 9.17) is 5.11 Å². The molecule has 1 aromatic heterocycles. The van der Waals surface area contributed by atoms with Crippen molar-refractivity contribution in [2.75, 3.05) is 6.54 Å². The van der Waals surface area contributed by atoms with Crippen molar-refractivity contribution < 1.29 is 14.7 Å². The SMILES string of the molecule is CCC(C)C(C(=O)NCCCC(=O)O)n1nnc2ccccc2c1=O. The van der Waals surface area contributed by atoms with Crippen LogP contribution in [-0.2, 0) is 9.59 Å². The Morgan fingerprint density at radius 1 is 1.32 bits per heavy atom. The molecule has 2 rings (SSSR count). The first kappa shape index (κ1) is 18.6. The third-order valence-corrected chi connectivity index (χ3v) is 4.17. The summed E-state index contributed by atoms with van der Waals surface area (Å²) in [4.78, 5) is 35.9. The summed E-state index contributed by atoms with van der Waals surface area (Å²) in [6, 6.07) is 6.06. The van der Waals surface area contributed by atoms with Crippen molar-refractivity contribution in [3.63, 3.8) is 0 Å². The molecule has 25 heavy (non-hydrogen) atoms. The van der Waals surface area contributed by atoms with Crippen molar-refractivity contribution in [3.05, 3.63) is 34.6 Å². The number of carboxylic acids is 1. The summed E-state index contributed by atoms with van der Waals surface area (Å²) in [5.41, 5.74) is 0.116. The molecule has 1 aromatic carbocycles. The quantitative estimate of drug-likeness (QED) is 0.698. The van der Waals surface area contributed by atoms with Gasteiger partial charge in [-0.2, -0.15) is 4.68 Å². The molecule has 0 bridgehead atoms. The van der Waals surface area contributed by atoms with E-state index in [1.54, 1.807) is 24.3 Å². The number of rotatable bonds is 8. The Hall–Kier alpha value is -2.77. The van der Waals surface area contributed by atoms with Crippen molar-refractivity contribution in [3.8, 4) is 0 Å². The molecule has 8 heteroatoms. The summed E-state index contributed by atoms with van der Waals surface area (Å²) in [7, 11) is 0. The van der Waals surface area contributed by atoms with E-state index < -0.39 is 12.0 Å². The van der Waals surface area contributed by atoms with Gasteiger partial charge in [0.25, 0.3) is 5.56 Å². The fourth-order valence-electron chi connectivity index (χ4n) is 2.57. The van der Waals surface area contributed by atoms with Gasteiger partial charge in [0, 0.05) is 13.0 Å². The van der Waals surface area contributed by atoms with Gasteiger partial charge >= 0.3 is 5.97 Å². The summed E-state index contributed by atoms with van der Waals surface area (Å²) in [6.07, 6.45) is 0.977. The third kappa shape index (κ3) is 4.40. The molecule has 2 unspecified atom stereocenters. The molecule has 0 aliphatic heterocycles. The van der Waals surface area contributed by atoms with E-state index in [0.29, 0.717) is 23.7 Å². The van der Waals surface area contributed by atoms with Crippen molar-refractivity contribution in [2.45, 2.75) is 39.2 Å². The number of carbonyl (C=O) groups is 2. The Kier molecular flexibility index (Phi) is 6.21. The monoisotopic (exact) mass is 346 g/mol. The number of fused-ring (bicyclic) bond motifs is 1. The molecular formula is C17H22N4O4. The van der Waals surface area contributed by atoms with Gasteiger partial charge in [-0.25, -0.2) is 0 Å². The van der Waals surface area contributed by atoms with Crippen molar-refractivity contribution >= 4 is 22.8 Å². The number of carbonyl (C=O) groups excluding carboxylic acids is 1. The van der Waals surface area contributed by atoms with Crippen LogP contribution in [0.1, 0.15) is 39.2 Å². The Morgan fingerprint density at radius 3 is 2.72 bits per heavy atom. The van der Waals surface area contributed by atoms with E-state index in [2.05, 4.69) is 15.6 Å². The van der Waals surface area contributed by atoms with E-state index in [9.17, 15) is 14.4 Å². The number of aromatic nitrogens is 3. The van der Waals surface area contributed by atoms with Gasteiger partial charge in [0.1, 0.15) is 11.6 Å². The predicted octanol–water partition coefficient (Wildman–Crippen LogP) is 1.36. The lowest BCUT2D eigenvalue weighted by Crippen LogP contribution is -2.42. The number of aliphatic carboxylic acids is 1. The van der Waals surface area contributed by atoms with Crippen molar-refractivity contribution in [1.82, 2.24) is 20.3 Å². The van der Waals surface area contributed by atoms with Crippen LogP contribution < -0.4 is 10.9 Å². The fraction of sp³-hybridized carbons (Fsp3) is 0.471. The minimum absolute atomic E-state index is 0.0238. The summed E-state index contributed by atoms with van der Waals surface area (Å²) in [5.74, 6) is -1.40. The topological polar surface area (TPSA) is 114 Å². The second-order valence-corrected chi connectivity index (χ2v) is 5.98. The maximum atomic E-state index is 12.7. The zero-order valence-corrected chi connectivity index (χ0v) is 14.3. The van der Waals surface area contributed by atoms with Crippen LogP contribution in [0, 0.1) is 5.92 Å². The number of amides is 1. The Bertz CT molecular complexity index is 818. The highest BCUT2D eigenvalue weighted by atomic mass is 16.4. The first-order chi connectivity index (χ1) is 12.0. The average molecular weight is 346 g/mol. The molecule has 0 aliphatic rings. The molecule has 0 spiro atoms. The lowest BCUT2D eigenvalue weighted by molar-refractivity contribution is -0.137. The molecule has 2 aromatic rings. The fourth-order valence-corrected chi connectivity index (χ4v) is 2.57. The Balaban J connectivity index is 2.28. The summed E-state index contributed by atoms with van der Waals surface area (Å²) in [5, 5.41) is 19.7. The smallest absolute Gasteiger partial charge is 0.303 e. The lowest BCUT2D eigenvalue weighted by Gasteiger charge is -2.23. The standard InChI is InChI=1S/C17H22N4O4/c1-3-11(2)15(16(24)18-10-6-9-14(22)23)21-17(25)12-7-4-5-8-13(12)19-20-21/h4-5,7-8,11,15H,3,6,9-10H2,1-2H3,(H,18,24)(H,22,23). The second-order valence-electron chi connectivity index (χ2n) is 5.98. The van der Waals surface area contributed by atoms with E-state index in [0.717, 1.165) is 4.68 Å². The highest BCUT2D eigenvalue weighted by Crippen LogP contribution is 2.19. The number of hydrogen-bond donors (Lipinski definition) is 2. The zero-order valence-electron chi connectivity index (χ0n) is 14.3. The highest BCUT2D eigenvalue weighted by molar-refractivity contribution is 5.81. The first-order valence-corrected chi connectivity index (χ1v) is 8.29. The van der Waals surface area contributed by atoms with Crippen LogP contribution in [0.4, 0.5) is 0 Å². The van der Waals surface area contributed by atoms with Gasteiger partial charge in [-0.05, 0) is 24.5 Å². The number of nitrogens with zero attached hydrogens (tertiary/aromatic N) is 3. The number of carboxylic acid groups (broad SMARTS) is 1. The predicted molar refractivity (Wildman–Crippen MR) is 92.2 cm³/mol. The van der Waals surface area contributed by atoms with Crippen LogP contribution in [0.5, 0.6) is 0 Å². The minimum Gasteiger partial charge on any atom is -0.481 e. The average Bonchev–Trinajstić information content (AvgIpc) is 2.60. The second kappa shape index (κ2) is 8.36. The molecule has 2 atom stereocenters. The van der Waals surface area contributed by atoms with Crippen LogP contribution in [-0.4, -0.2) is 38.5 Å². The van der Waals surface area contributed by atoms with Crippen LogP contribution >= 0.6 is 0 Å². The Labute approximate surface area is 144 Å². The third-order valence-electron chi connectivity index (χ3n) is 4.17. The van der Waals surface area contributed by atoms with E-state index >= 15 is 0 Å². The molecule has 0 aliphatic carbocycles. The zero-order chi connectivity index (χ0) is 18.4. The minimum atomic E-state index is -0.913. The van der Waals surface area contributed by atoms with Crippen molar-refractivity contribution in [2.24, 2.45) is 5.92 Å². The Morgan fingerprint density at radius 2 is 2.04 bits per heavy atom. The molecule has 8 nitrogen and oxygen atoms in total.